The van der Waals surface area contributed by atoms with Crippen molar-refractivity contribution in [1.82, 2.24) is 14.5 Å². The number of imidazole rings is 1. The van der Waals surface area contributed by atoms with Gasteiger partial charge in [-0.3, -0.25) is 4.79 Å². The third-order valence-electron chi connectivity index (χ3n) is 4.80. The summed E-state index contributed by atoms with van der Waals surface area (Å²) in [5, 5.41) is 11.5. The first-order valence-electron chi connectivity index (χ1n) is 8.81. The first-order valence-corrected chi connectivity index (χ1v) is 9.19. The van der Waals surface area contributed by atoms with E-state index >= 15 is 0 Å². The van der Waals surface area contributed by atoms with E-state index in [0.717, 1.165) is 12.2 Å². The molecule has 140 valence electrons. The summed E-state index contributed by atoms with van der Waals surface area (Å²) in [6.07, 6.45) is 5.32. The predicted molar refractivity (Wildman–Crippen MR) is 99.3 cm³/mol. The smallest absolute Gasteiger partial charge is 0.242 e. The molecule has 1 aliphatic heterocycles. The quantitative estimate of drug-likeness (QED) is 0.869. The number of hydrogen-bond acceptors (Lipinski definition) is 4. The molecule has 7 heteroatoms. The normalized spacial score (nSPS) is 20.7. The lowest BCUT2D eigenvalue weighted by Crippen LogP contribution is -2.39. The number of benzene rings is 1. The number of ether oxygens (including phenoxy) is 1. The van der Waals surface area contributed by atoms with Crippen molar-refractivity contribution in [2.24, 2.45) is 0 Å². The van der Waals surface area contributed by atoms with E-state index < -0.39 is 5.60 Å². The summed E-state index contributed by atoms with van der Waals surface area (Å²) in [6.45, 7) is 3.51. The Morgan fingerprint density at radius 1 is 1.38 bits per heavy atom. The van der Waals surface area contributed by atoms with E-state index in [1.807, 2.05) is 28.5 Å². The average Bonchev–Trinajstić information content (AvgIpc) is 2.90. The standard InChI is InChI=1S/C19H24ClN3O3/c1-15-21-8-11-23(15)13-18(24)22-9-3-6-19(25,7-10-22)14-26-17-5-2-4-16(20)12-17/h2,4-5,8,11-12,25H,3,6-7,9-10,13-14H2,1H3. The molecule has 0 spiro atoms. The van der Waals surface area contributed by atoms with Gasteiger partial charge in [0, 0.05) is 30.5 Å². The first-order chi connectivity index (χ1) is 12.5. The van der Waals surface area contributed by atoms with E-state index in [2.05, 4.69) is 4.98 Å². The Morgan fingerprint density at radius 3 is 2.96 bits per heavy atom. The van der Waals surface area contributed by atoms with Crippen LogP contribution >= 0.6 is 11.6 Å². The van der Waals surface area contributed by atoms with E-state index in [4.69, 9.17) is 16.3 Å². The maximum Gasteiger partial charge on any atom is 0.242 e. The molecule has 1 atom stereocenters. The lowest BCUT2D eigenvalue weighted by atomic mass is 9.96. The molecule has 2 heterocycles. The molecule has 1 amide bonds. The van der Waals surface area contributed by atoms with Crippen molar-refractivity contribution in [3.8, 4) is 5.75 Å². The molecule has 2 aromatic rings. The van der Waals surface area contributed by atoms with Gasteiger partial charge in [0.2, 0.25) is 5.91 Å². The van der Waals surface area contributed by atoms with Crippen molar-refractivity contribution in [1.29, 1.82) is 0 Å². The molecule has 6 nitrogen and oxygen atoms in total. The van der Waals surface area contributed by atoms with Crippen LogP contribution in [0.15, 0.2) is 36.7 Å². The van der Waals surface area contributed by atoms with Gasteiger partial charge in [0.05, 0.1) is 0 Å². The number of rotatable bonds is 5. The highest BCUT2D eigenvalue weighted by molar-refractivity contribution is 6.30. The zero-order chi connectivity index (χ0) is 18.6. The Hall–Kier alpha value is -2.05. The second-order valence-corrected chi connectivity index (χ2v) is 7.24. The second kappa shape index (κ2) is 8.10. The van der Waals surface area contributed by atoms with Gasteiger partial charge in [-0.1, -0.05) is 17.7 Å². The number of halogens is 1. The molecule has 1 saturated heterocycles. The van der Waals surface area contributed by atoms with E-state index in [0.29, 0.717) is 36.7 Å². The Morgan fingerprint density at radius 2 is 2.23 bits per heavy atom. The number of aliphatic hydroxyl groups is 1. The lowest BCUT2D eigenvalue weighted by Gasteiger charge is -2.27. The second-order valence-electron chi connectivity index (χ2n) is 6.81. The molecule has 1 aliphatic rings. The summed E-state index contributed by atoms with van der Waals surface area (Å²) in [4.78, 5) is 18.5. The van der Waals surface area contributed by atoms with Crippen molar-refractivity contribution in [2.45, 2.75) is 38.3 Å². The van der Waals surface area contributed by atoms with Crippen molar-refractivity contribution >= 4 is 17.5 Å². The van der Waals surface area contributed by atoms with E-state index in [1.54, 1.807) is 24.5 Å². The SMILES string of the molecule is Cc1nccn1CC(=O)N1CCCC(O)(COc2cccc(Cl)c2)CC1. The maximum atomic E-state index is 12.5. The third-order valence-corrected chi connectivity index (χ3v) is 5.04. The number of nitrogens with zero attached hydrogens (tertiary/aromatic N) is 3. The maximum absolute atomic E-state index is 12.5. The minimum Gasteiger partial charge on any atom is -0.491 e. The van der Waals surface area contributed by atoms with Crippen LogP contribution in [0, 0.1) is 6.92 Å². The average molecular weight is 378 g/mol. The van der Waals surface area contributed by atoms with Crippen LogP contribution in [0.2, 0.25) is 5.02 Å². The van der Waals surface area contributed by atoms with Gasteiger partial charge >= 0.3 is 0 Å². The van der Waals surface area contributed by atoms with Crippen LogP contribution in [0.1, 0.15) is 25.1 Å². The van der Waals surface area contributed by atoms with Gasteiger partial charge in [0.15, 0.2) is 0 Å². The molecule has 0 bridgehead atoms. The van der Waals surface area contributed by atoms with Crippen LogP contribution in [0.25, 0.3) is 0 Å². The third kappa shape index (κ3) is 4.77. The Bertz CT molecular complexity index is 764. The zero-order valence-electron chi connectivity index (χ0n) is 14.9. The van der Waals surface area contributed by atoms with Gasteiger partial charge in [-0.05, 0) is 44.4 Å². The molecule has 1 aromatic heterocycles. The molecule has 1 fully saturated rings. The molecule has 1 N–H and O–H groups in total. The summed E-state index contributed by atoms with van der Waals surface area (Å²) >= 11 is 5.96. The number of carbonyl (C=O) groups is 1. The van der Waals surface area contributed by atoms with Crippen molar-refractivity contribution < 1.29 is 14.6 Å². The lowest BCUT2D eigenvalue weighted by molar-refractivity contribution is -0.132. The fourth-order valence-corrected chi connectivity index (χ4v) is 3.34. The molecule has 0 radical (unpaired) electrons. The fourth-order valence-electron chi connectivity index (χ4n) is 3.16. The van der Waals surface area contributed by atoms with Crippen LogP contribution in [-0.4, -0.2) is 50.8 Å². The van der Waals surface area contributed by atoms with Gasteiger partial charge in [0.1, 0.15) is 30.3 Å². The van der Waals surface area contributed by atoms with Crippen LogP contribution in [0.4, 0.5) is 0 Å². The topological polar surface area (TPSA) is 67.6 Å². The van der Waals surface area contributed by atoms with Crippen molar-refractivity contribution in [2.75, 3.05) is 19.7 Å². The summed E-state index contributed by atoms with van der Waals surface area (Å²) in [5.74, 6) is 1.50. The van der Waals surface area contributed by atoms with Gasteiger partial charge < -0.3 is 19.3 Å². The van der Waals surface area contributed by atoms with Gasteiger partial charge in [0.25, 0.3) is 0 Å². The first kappa shape index (κ1) is 18.7. The summed E-state index contributed by atoms with van der Waals surface area (Å²) in [5.41, 5.74) is -0.942. The molecular formula is C19H24ClN3O3. The van der Waals surface area contributed by atoms with E-state index in [-0.39, 0.29) is 19.1 Å². The van der Waals surface area contributed by atoms with Crippen LogP contribution in [-0.2, 0) is 11.3 Å². The highest BCUT2D eigenvalue weighted by Crippen LogP contribution is 2.25. The molecule has 26 heavy (non-hydrogen) atoms. The number of aromatic nitrogens is 2. The number of likely N-dealkylation sites (tertiary alicyclic amines) is 1. The Labute approximate surface area is 158 Å². The molecule has 0 saturated carbocycles. The highest BCUT2D eigenvalue weighted by atomic mass is 35.5. The Kier molecular flexibility index (Phi) is 5.84. The molecule has 0 aliphatic carbocycles. The largest absolute Gasteiger partial charge is 0.491 e. The van der Waals surface area contributed by atoms with Crippen molar-refractivity contribution in [3.63, 3.8) is 0 Å². The van der Waals surface area contributed by atoms with Crippen LogP contribution < -0.4 is 4.74 Å². The van der Waals surface area contributed by atoms with Crippen LogP contribution in [0.5, 0.6) is 5.75 Å². The Balaban J connectivity index is 1.55. The van der Waals surface area contributed by atoms with Crippen molar-refractivity contribution in [3.05, 3.63) is 47.5 Å². The summed E-state index contributed by atoms with van der Waals surface area (Å²) in [6, 6.07) is 7.13. The number of amides is 1. The van der Waals surface area contributed by atoms with Gasteiger partial charge in [-0.25, -0.2) is 4.98 Å². The van der Waals surface area contributed by atoms with E-state index in [1.165, 1.54) is 0 Å². The highest BCUT2D eigenvalue weighted by Gasteiger charge is 2.32. The molecule has 1 aromatic carbocycles. The molecule has 3 rings (SSSR count). The molecular weight excluding hydrogens is 354 g/mol. The predicted octanol–water partition coefficient (Wildman–Crippen LogP) is 2.67. The minimum atomic E-state index is -0.942. The number of aryl methyl sites for hydroxylation is 1. The minimum absolute atomic E-state index is 0.0473. The van der Waals surface area contributed by atoms with Crippen LogP contribution in [0.3, 0.4) is 0 Å². The van der Waals surface area contributed by atoms with Gasteiger partial charge in [-0.2, -0.15) is 0 Å². The summed E-state index contributed by atoms with van der Waals surface area (Å²) in [7, 11) is 0. The van der Waals surface area contributed by atoms with E-state index in [9.17, 15) is 9.90 Å². The zero-order valence-corrected chi connectivity index (χ0v) is 15.7. The number of hydrogen-bond donors (Lipinski definition) is 1. The summed E-state index contributed by atoms with van der Waals surface area (Å²) < 4.78 is 7.57. The molecule has 1 unspecified atom stereocenters. The monoisotopic (exact) mass is 377 g/mol. The van der Waals surface area contributed by atoms with Gasteiger partial charge in [-0.15, -0.1) is 0 Å². The fraction of sp³-hybridized carbons (Fsp3) is 0.474. The number of carbonyl (C=O) groups excluding carboxylic acids is 1.